The lowest BCUT2D eigenvalue weighted by atomic mass is 9.89. The van der Waals surface area contributed by atoms with Gasteiger partial charge in [-0.3, -0.25) is 10.1 Å². The van der Waals surface area contributed by atoms with Crippen LogP contribution in [0, 0.1) is 11.8 Å². The number of anilines is 1. The predicted molar refractivity (Wildman–Crippen MR) is 102 cm³/mol. The van der Waals surface area contributed by atoms with Crippen molar-refractivity contribution >= 4 is 28.3 Å². The lowest BCUT2D eigenvalue weighted by Crippen LogP contribution is -2.39. The molecule has 136 valence electrons. The van der Waals surface area contributed by atoms with Gasteiger partial charge in [0.05, 0.1) is 0 Å². The summed E-state index contributed by atoms with van der Waals surface area (Å²) in [6, 6.07) is 11.1. The van der Waals surface area contributed by atoms with Gasteiger partial charge in [0.15, 0.2) is 5.78 Å². The average Bonchev–Trinajstić information content (AvgIpc) is 3.44. The molecule has 0 bridgehead atoms. The number of amides is 1. The number of hydrogen-bond acceptors (Lipinski definition) is 3. The molecule has 26 heavy (non-hydrogen) atoms. The van der Waals surface area contributed by atoms with E-state index in [1.807, 2.05) is 24.3 Å². The third-order valence-electron chi connectivity index (χ3n) is 5.47. The Labute approximate surface area is 153 Å². The molecule has 2 aromatic carbocycles. The molecule has 0 radical (unpaired) electrons. The standard InChI is InChI=1S/C21H24N2O3/c24-20(18-2-1-9-23(13-18)12-14-3-4-14)17-6-5-16-11-19(22-21(25)26)8-7-15(16)10-17/h5-8,10-11,14,18,22H,1-4,9,12-13H2,(H,25,26). The lowest BCUT2D eigenvalue weighted by Gasteiger charge is -2.32. The molecule has 1 aliphatic heterocycles. The topological polar surface area (TPSA) is 69.6 Å². The van der Waals surface area contributed by atoms with Crippen LogP contribution in [0.4, 0.5) is 10.5 Å². The quantitative estimate of drug-likeness (QED) is 0.790. The molecule has 5 nitrogen and oxygen atoms in total. The number of hydrogen-bond donors (Lipinski definition) is 2. The van der Waals surface area contributed by atoms with Crippen LogP contribution in [-0.2, 0) is 0 Å². The summed E-state index contributed by atoms with van der Waals surface area (Å²) < 4.78 is 0. The van der Waals surface area contributed by atoms with Gasteiger partial charge < -0.3 is 10.0 Å². The molecule has 2 aromatic rings. The number of Topliss-reactive ketones (excluding diaryl/α,β-unsaturated/α-hetero) is 1. The minimum Gasteiger partial charge on any atom is -0.465 e. The molecule has 1 amide bonds. The van der Waals surface area contributed by atoms with Crippen molar-refractivity contribution in [1.29, 1.82) is 0 Å². The fourth-order valence-corrected chi connectivity index (χ4v) is 3.94. The first-order chi connectivity index (χ1) is 12.6. The van der Waals surface area contributed by atoms with Crippen LogP contribution >= 0.6 is 0 Å². The number of rotatable bonds is 5. The Hall–Kier alpha value is -2.40. The van der Waals surface area contributed by atoms with Crippen LogP contribution in [0.25, 0.3) is 10.8 Å². The molecule has 1 aliphatic carbocycles. The fourth-order valence-electron chi connectivity index (χ4n) is 3.94. The zero-order chi connectivity index (χ0) is 18.1. The van der Waals surface area contributed by atoms with Crippen LogP contribution in [-0.4, -0.2) is 41.5 Å². The Morgan fingerprint density at radius 1 is 1.08 bits per heavy atom. The van der Waals surface area contributed by atoms with Crippen molar-refractivity contribution in [3.05, 3.63) is 42.0 Å². The molecule has 1 heterocycles. The molecule has 2 aliphatic rings. The number of carbonyl (C=O) groups is 2. The van der Waals surface area contributed by atoms with Crippen molar-refractivity contribution in [2.24, 2.45) is 11.8 Å². The van der Waals surface area contributed by atoms with E-state index in [9.17, 15) is 9.59 Å². The number of likely N-dealkylation sites (tertiary alicyclic amines) is 1. The summed E-state index contributed by atoms with van der Waals surface area (Å²) in [5.74, 6) is 1.19. The number of nitrogens with one attached hydrogen (secondary N) is 1. The zero-order valence-corrected chi connectivity index (χ0v) is 14.8. The Kier molecular flexibility index (Phi) is 4.64. The maximum absolute atomic E-state index is 13.0. The summed E-state index contributed by atoms with van der Waals surface area (Å²) in [5, 5.41) is 13.1. The molecule has 4 rings (SSSR count). The number of benzene rings is 2. The first-order valence-corrected chi connectivity index (χ1v) is 9.39. The lowest BCUT2D eigenvalue weighted by molar-refractivity contribution is 0.0814. The molecule has 2 fully saturated rings. The molecule has 1 saturated heterocycles. The van der Waals surface area contributed by atoms with Crippen molar-refractivity contribution in [1.82, 2.24) is 4.90 Å². The maximum atomic E-state index is 13.0. The van der Waals surface area contributed by atoms with Crippen molar-refractivity contribution in [2.75, 3.05) is 25.0 Å². The molecule has 1 unspecified atom stereocenters. The molecule has 1 atom stereocenters. The van der Waals surface area contributed by atoms with Gasteiger partial charge in [-0.15, -0.1) is 0 Å². The van der Waals surface area contributed by atoms with Gasteiger partial charge in [-0.05, 0) is 67.1 Å². The molecular weight excluding hydrogens is 328 g/mol. The van der Waals surface area contributed by atoms with Crippen molar-refractivity contribution in [2.45, 2.75) is 25.7 Å². The van der Waals surface area contributed by atoms with Gasteiger partial charge >= 0.3 is 6.09 Å². The summed E-state index contributed by atoms with van der Waals surface area (Å²) in [6.45, 7) is 3.16. The third-order valence-corrected chi connectivity index (χ3v) is 5.47. The van der Waals surface area contributed by atoms with E-state index in [0.29, 0.717) is 5.69 Å². The average molecular weight is 352 g/mol. The number of piperidine rings is 1. The fraction of sp³-hybridized carbons (Fsp3) is 0.429. The van der Waals surface area contributed by atoms with Crippen LogP contribution in [0.15, 0.2) is 36.4 Å². The maximum Gasteiger partial charge on any atom is 0.409 e. The first kappa shape index (κ1) is 17.0. The van der Waals surface area contributed by atoms with E-state index in [0.717, 1.165) is 54.7 Å². The van der Waals surface area contributed by atoms with Crippen LogP contribution in [0.5, 0.6) is 0 Å². The van der Waals surface area contributed by atoms with Gasteiger partial charge in [0.2, 0.25) is 0 Å². The van der Waals surface area contributed by atoms with E-state index < -0.39 is 6.09 Å². The van der Waals surface area contributed by atoms with E-state index in [-0.39, 0.29) is 11.7 Å². The Morgan fingerprint density at radius 3 is 2.62 bits per heavy atom. The molecule has 5 heteroatoms. The van der Waals surface area contributed by atoms with E-state index in [1.54, 1.807) is 12.1 Å². The molecule has 2 N–H and O–H groups in total. The smallest absolute Gasteiger partial charge is 0.409 e. The molecular formula is C21H24N2O3. The number of carbonyl (C=O) groups excluding carboxylic acids is 1. The highest BCUT2D eigenvalue weighted by molar-refractivity contribution is 6.02. The third kappa shape index (κ3) is 3.88. The second-order valence-corrected chi connectivity index (χ2v) is 7.61. The molecule has 0 aromatic heterocycles. The SMILES string of the molecule is O=C(O)Nc1ccc2cc(C(=O)C3CCCN(CC4CC4)C3)ccc2c1. The van der Waals surface area contributed by atoms with Crippen molar-refractivity contribution in [3.63, 3.8) is 0 Å². The molecule has 1 saturated carbocycles. The number of carboxylic acid groups (broad SMARTS) is 1. The summed E-state index contributed by atoms with van der Waals surface area (Å²) in [4.78, 5) is 26.2. The van der Waals surface area contributed by atoms with Gasteiger partial charge in [-0.25, -0.2) is 4.79 Å². The highest BCUT2D eigenvalue weighted by Crippen LogP contribution is 2.32. The highest BCUT2D eigenvalue weighted by atomic mass is 16.4. The van der Waals surface area contributed by atoms with Crippen LogP contribution in [0.2, 0.25) is 0 Å². The van der Waals surface area contributed by atoms with E-state index in [2.05, 4.69) is 10.2 Å². The van der Waals surface area contributed by atoms with E-state index >= 15 is 0 Å². The van der Waals surface area contributed by atoms with Crippen LogP contribution in [0.1, 0.15) is 36.0 Å². The van der Waals surface area contributed by atoms with Crippen molar-refractivity contribution < 1.29 is 14.7 Å². The summed E-state index contributed by atoms with van der Waals surface area (Å²) in [7, 11) is 0. The molecule has 0 spiro atoms. The summed E-state index contributed by atoms with van der Waals surface area (Å²) in [6.07, 6.45) is 3.68. The van der Waals surface area contributed by atoms with E-state index in [1.165, 1.54) is 12.8 Å². The highest BCUT2D eigenvalue weighted by Gasteiger charge is 2.30. The van der Waals surface area contributed by atoms with Gasteiger partial charge in [0, 0.05) is 30.3 Å². The van der Waals surface area contributed by atoms with Gasteiger partial charge in [-0.1, -0.05) is 18.2 Å². The zero-order valence-electron chi connectivity index (χ0n) is 14.8. The normalized spacial score (nSPS) is 20.8. The number of ketones is 1. The van der Waals surface area contributed by atoms with Crippen LogP contribution < -0.4 is 5.32 Å². The van der Waals surface area contributed by atoms with Gasteiger partial charge in [0.1, 0.15) is 0 Å². The Balaban J connectivity index is 1.49. The van der Waals surface area contributed by atoms with Crippen LogP contribution in [0.3, 0.4) is 0 Å². The monoisotopic (exact) mass is 352 g/mol. The Morgan fingerprint density at radius 2 is 1.85 bits per heavy atom. The second-order valence-electron chi connectivity index (χ2n) is 7.61. The number of nitrogens with zero attached hydrogens (tertiary/aromatic N) is 1. The van der Waals surface area contributed by atoms with Crippen molar-refractivity contribution in [3.8, 4) is 0 Å². The minimum atomic E-state index is -1.08. The largest absolute Gasteiger partial charge is 0.465 e. The Bertz CT molecular complexity index is 844. The number of fused-ring (bicyclic) bond motifs is 1. The second kappa shape index (κ2) is 7.08. The summed E-state index contributed by atoms with van der Waals surface area (Å²) in [5.41, 5.74) is 1.29. The first-order valence-electron chi connectivity index (χ1n) is 9.39. The summed E-state index contributed by atoms with van der Waals surface area (Å²) >= 11 is 0. The predicted octanol–water partition coefficient (Wildman–Crippen LogP) is 4.23. The minimum absolute atomic E-state index is 0.0906. The van der Waals surface area contributed by atoms with Gasteiger partial charge in [-0.2, -0.15) is 0 Å². The van der Waals surface area contributed by atoms with E-state index in [4.69, 9.17) is 5.11 Å². The van der Waals surface area contributed by atoms with Gasteiger partial charge in [0.25, 0.3) is 0 Å².